The fraction of sp³-hybridized carbons (Fsp3) is 0.333. The predicted octanol–water partition coefficient (Wildman–Crippen LogP) is 1.32. The van der Waals surface area contributed by atoms with Gasteiger partial charge in [0.2, 0.25) is 11.9 Å². The van der Waals surface area contributed by atoms with E-state index < -0.39 is 23.9 Å². The van der Waals surface area contributed by atoms with Crippen LogP contribution < -0.4 is 4.57 Å². The summed E-state index contributed by atoms with van der Waals surface area (Å²) in [5.74, 6) is -0.397. The monoisotopic (exact) mass is 424 g/mol. The molecular weight excluding hydrogens is 402 g/mol. The SMILES string of the molecule is CCOC(=O)c1ccc(-n2c(C)c[n+]3c2N=C2C3C(=O)N(CC(C)=O)C(=O)N2C)cc1. The van der Waals surface area contributed by atoms with Crippen molar-refractivity contribution >= 4 is 35.5 Å². The van der Waals surface area contributed by atoms with Gasteiger partial charge in [0.15, 0.2) is 0 Å². The highest BCUT2D eigenvalue weighted by Gasteiger charge is 2.53. The van der Waals surface area contributed by atoms with Gasteiger partial charge in [0, 0.05) is 7.05 Å². The molecule has 0 spiro atoms. The number of nitrogens with zero attached hydrogens (tertiary/aromatic N) is 5. The number of ether oxygens (including phenoxy) is 1. The number of rotatable bonds is 5. The number of urea groups is 1. The van der Waals surface area contributed by atoms with E-state index in [0.717, 1.165) is 16.3 Å². The van der Waals surface area contributed by atoms with Crippen molar-refractivity contribution < 1.29 is 28.5 Å². The van der Waals surface area contributed by atoms with Crippen LogP contribution in [0.15, 0.2) is 35.5 Å². The molecule has 1 saturated heterocycles. The van der Waals surface area contributed by atoms with Crippen molar-refractivity contribution in [2.75, 3.05) is 20.2 Å². The number of hydrogen-bond acceptors (Lipinski definition) is 6. The van der Waals surface area contributed by atoms with Crippen molar-refractivity contribution in [2.45, 2.75) is 26.8 Å². The van der Waals surface area contributed by atoms with Crippen molar-refractivity contribution in [3.63, 3.8) is 0 Å². The lowest BCUT2D eigenvalue weighted by molar-refractivity contribution is -0.676. The first-order valence-corrected chi connectivity index (χ1v) is 9.82. The maximum absolute atomic E-state index is 13.1. The average molecular weight is 424 g/mol. The number of Topliss-reactive ketones (excluding diaryl/α,β-unsaturated/α-hetero) is 1. The van der Waals surface area contributed by atoms with Crippen LogP contribution in [0.3, 0.4) is 0 Å². The van der Waals surface area contributed by atoms with E-state index in [1.165, 1.54) is 18.9 Å². The number of esters is 1. The van der Waals surface area contributed by atoms with E-state index >= 15 is 0 Å². The van der Waals surface area contributed by atoms with Crippen LogP contribution in [0.2, 0.25) is 0 Å². The normalized spacial score (nSPS) is 17.4. The molecule has 0 saturated carbocycles. The minimum atomic E-state index is -0.823. The number of hydrogen-bond donors (Lipinski definition) is 0. The maximum Gasteiger partial charge on any atom is 0.406 e. The second kappa shape index (κ2) is 7.46. The van der Waals surface area contributed by atoms with Gasteiger partial charge >= 0.3 is 17.9 Å². The summed E-state index contributed by atoms with van der Waals surface area (Å²) in [6.45, 7) is 4.96. The smallest absolute Gasteiger partial charge is 0.406 e. The lowest BCUT2D eigenvalue weighted by atomic mass is 10.1. The molecule has 2 aliphatic heterocycles. The molecular formula is C21H22N5O5+. The molecule has 3 heterocycles. The highest BCUT2D eigenvalue weighted by molar-refractivity contribution is 6.19. The highest BCUT2D eigenvalue weighted by atomic mass is 16.5. The Labute approximate surface area is 178 Å². The van der Waals surface area contributed by atoms with E-state index in [1.54, 1.807) is 42.0 Å². The molecule has 10 nitrogen and oxygen atoms in total. The molecule has 1 unspecified atom stereocenters. The first kappa shape index (κ1) is 20.5. The number of carbonyl (C=O) groups is 4. The van der Waals surface area contributed by atoms with Crippen molar-refractivity contribution in [3.05, 3.63) is 41.7 Å². The number of fused-ring (bicyclic) bond motifs is 3. The second-order valence-corrected chi connectivity index (χ2v) is 7.42. The number of aromatic nitrogens is 2. The Balaban J connectivity index is 1.75. The lowest BCUT2D eigenvalue weighted by Crippen LogP contribution is -2.63. The van der Waals surface area contributed by atoms with Crippen LogP contribution in [-0.2, 0) is 14.3 Å². The van der Waals surface area contributed by atoms with Crippen LogP contribution in [0, 0.1) is 6.92 Å². The number of aryl methyl sites for hydroxylation is 1. The minimum Gasteiger partial charge on any atom is -0.462 e. The molecule has 10 heteroatoms. The van der Waals surface area contributed by atoms with Crippen LogP contribution in [0.25, 0.3) is 5.69 Å². The topological polar surface area (TPSA) is 105 Å². The van der Waals surface area contributed by atoms with Crippen LogP contribution in [-0.4, -0.2) is 64.1 Å². The Morgan fingerprint density at radius 3 is 2.48 bits per heavy atom. The van der Waals surface area contributed by atoms with E-state index in [9.17, 15) is 19.2 Å². The van der Waals surface area contributed by atoms with Gasteiger partial charge in [0.25, 0.3) is 5.91 Å². The molecule has 31 heavy (non-hydrogen) atoms. The average Bonchev–Trinajstić information content (AvgIpc) is 3.24. The first-order valence-electron chi connectivity index (χ1n) is 9.82. The zero-order valence-electron chi connectivity index (χ0n) is 17.7. The zero-order chi connectivity index (χ0) is 22.4. The van der Waals surface area contributed by atoms with Gasteiger partial charge < -0.3 is 4.74 Å². The Hall–Kier alpha value is -3.82. The van der Waals surface area contributed by atoms with Crippen LogP contribution in [0.5, 0.6) is 0 Å². The third-order valence-electron chi connectivity index (χ3n) is 5.23. The van der Waals surface area contributed by atoms with Gasteiger partial charge in [-0.1, -0.05) is 4.99 Å². The molecule has 3 amide bonds. The Kier molecular flexibility index (Phi) is 4.92. The molecule has 1 aromatic heterocycles. The molecule has 2 aromatic rings. The summed E-state index contributed by atoms with van der Waals surface area (Å²) in [6.07, 6.45) is 1.78. The van der Waals surface area contributed by atoms with Gasteiger partial charge in [-0.05, 0) is 45.0 Å². The van der Waals surface area contributed by atoms with Gasteiger partial charge in [-0.15, -0.1) is 0 Å². The molecule has 0 bridgehead atoms. The highest BCUT2D eigenvalue weighted by Crippen LogP contribution is 2.31. The minimum absolute atomic E-state index is 0.281. The van der Waals surface area contributed by atoms with Gasteiger partial charge in [0.05, 0.1) is 18.7 Å². The summed E-state index contributed by atoms with van der Waals surface area (Å²) in [5, 5.41) is 0. The number of amides is 3. The molecule has 160 valence electrons. The first-order chi connectivity index (χ1) is 14.7. The third-order valence-corrected chi connectivity index (χ3v) is 5.23. The van der Waals surface area contributed by atoms with Crippen molar-refractivity contribution in [3.8, 4) is 5.69 Å². The van der Waals surface area contributed by atoms with Gasteiger partial charge in [-0.2, -0.15) is 4.57 Å². The summed E-state index contributed by atoms with van der Waals surface area (Å²) in [7, 11) is 1.53. The number of likely N-dealkylation sites (N-methyl/N-ethyl adjacent to an activating group) is 1. The summed E-state index contributed by atoms with van der Waals surface area (Å²) in [4.78, 5) is 56.0. The fourth-order valence-corrected chi connectivity index (χ4v) is 3.83. The van der Waals surface area contributed by atoms with Crippen molar-refractivity contribution in [1.29, 1.82) is 0 Å². The van der Waals surface area contributed by atoms with Crippen LogP contribution >= 0.6 is 0 Å². The third kappa shape index (κ3) is 3.20. The van der Waals surface area contributed by atoms with Gasteiger partial charge in [-0.25, -0.2) is 14.2 Å². The quantitative estimate of drug-likeness (QED) is 0.532. The van der Waals surface area contributed by atoms with E-state index in [2.05, 4.69) is 4.99 Å². The van der Waals surface area contributed by atoms with Crippen LogP contribution in [0.4, 0.5) is 10.7 Å². The fourth-order valence-electron chi connectivity index (χ4n) is 3.83. The maximum atomic E-state index is 13.1. The molecule has 1 atom stereocenters. The number of ketones is 1. The van der Waals surface area contributed by atoms with Crippen molar-refractivity contribution in [2.24, 2.45) is 4.99 Å². The second-order valence-electron chi connectivity index (χ2n) is 7.42. The number of carbonyl (C=O) groups excluding carboxylic acids is 4. The number of imidazole rings is 1. The molecule has 1 fully saturated rings. The largest absolute Gasteiger partial charge is 0.462 e. The number of aliphatic imine (C=N–C) groups is 1. The zero-order valence-corrected chi connectivity index (χ0v) is 17.7. The Morgan fingerprint density at radius 2 is 1.87 bits per heavy atom. The summed E-state index contributed by atoms with van der Waals surface area (Å²) >= 11 is 0. The predicted molar refractivity (Wildman–Crippen MR) is 108 cm³/mol. The van der Waals surface area contributed by atoms with Gasteiger partial charge in [0.1, 0.15) is 23.4 Å². The summed E-state index contributed by atoms with van der Waals surface area (Å²) in [6, 6.07) is 5.45. The van der Waals surface area contributed by atoms with E-state index in [0.29, 0.717) is 24.0 Å². The number of benzene rings is 1. The molecule has 4 rings (SSSR count). The van der Waals surface area contributed by atoms with E-state index in [-0.39, 0.29) is 12.3 Å². The Bertz CT molecular complexity index is 1150. The lowest BCUT2D eigenvalue weighted by Gasteiger charge is -2.32. The summed E-state index contributed by atoms with van der Waals surface area (Å²) < 4.78 is 8.55. The molecule has 1 aromatic carbocycles. The molecule has 0 aliphatic carbocycles. The molecule has 2 aliphatic rings. The van der Waals surface area contributed by atoms with Crippen molar-refractivity contribution in [1.82, 2.24) is 14.4 Å². The van der Waals surface area contributed by atoms with Gasteiger partial charge in [-0.3, -0.25) is 19.4 Å². The standard InChI is InChI=1S/C21H22N5O5/c1-5-31-19(29)14-6-8-15(9-7-14)26-12(2)10-24-16-17(22-20(24)26)23(4)21(30)25(18(16)28)11-13(3)27/h6-10,16H,5,11H2,1-4H3/q+1. The van der Waals surface area contributed by atoms with Crippen LogP contribution in [0.1, 0.15) is 35.9 Å². The molecule has 0 N–H and O–H groups in total. The summed E-state index contributed by atoms with van der Waals surface area (Å²) in [5.41, 5.74) is 1.98. The number of imide groups is 1. The van der Waals surface area contributed by atoms with E-state index in [4.69, 9.17) is 4.74 Å². The van der Waals surface area contributed by atoms with E-state index in [1.807, 2.05) is 11.5 Å². The number of amidine groups is 1. The Morgan fingerprint density at radius 1 is 1.19 bits per heavy atom. The molecule has 0 radical (unpaired) electrons.